The lowest BCUT2D eigenvalue weighted by atomic mass is 9.81. The van der Waals surface area contributed by atoms with Crippen LogP contribution in [-0.2, 0) is 23.8 Å². The van der Waals surface area contributed by atoms with Crippen molar-refractivity contribution in [1.82, 2.24) is 5.32 Å². The van der Waals surface area contributed by atoms with Gasteiger partial charge in [0.25, 0.3) is 0 Å². The molecule has 0 amide bonds. The number of aliphatic carboxylic acids is 1. The number of benzene rings is 2. The number of carbonyl (C=O) groups excluding carboxylic acids is 1. The highest BCUT2D eigenvalue weighted by atomic mass is 16.8. The summed E-state index contributed by atoms with van der Waals surface area (Å²) in [6.07, 6.45) is -16.8. The molecule has 306 valence electrons. The minimum absolute atomic E-state index is 0.00143. The monoisotopic (exact) mass is 800 g/mol. The van der Waals surface area contributed by atoms with Gasteiger partial charge in [0.1, 0.15) is 64.9 Å². The molecule has 3 aromatic rings. The third-order valence-corrected chi connectivity index (χ3v) is 10.7. The van der Waals surface area contributed by atoms with Crippen LogP contribution in [0.4, 0.5) is 0 Å². The van der Waals surface area contributed by atoms with E-state index in [9.17, 15) is 65.4 Å². The zero-order chi connectivity index (χ0) is 41.2. The summed E-state index contributed by atoms with van der Waals surface area (Å²) in [5, 5.41) is 108. The van der Waals surface area contributed by atoms with E-state index in [1.165, 1.54) is 12.1 Å². The van der Waals surface area contributed by atoms with Crippen molar-refractivity contribution in [3.63, 3.8) is 0 Å². The summed E-state index contributed by atoms with van der Waals surface area (Å²) in [5.74, 6) is -8.59. The number of rotatable bonds is 6. The molecule has 20 heteroatoms. The number of aromatic hydroxyl groups is 3. The van der Waals surface area contributed by atoms with E-state index in [4.69, 9.17) is 29.1 Å². The third kappa shape index (κ3) is 6.83. The first-order chi connectivity index (χ1) is 27.0. The molecule has 7 rings (SSSR count). The van der Waals surface area contributed by atoms with Crippen molar-refractivity contribution >= 4 is 22.9 Å². The van der Waals surface area contributed by atoms with Crippen LogP contribution in [-0.4, -0.2) is 130 Å². The number of phenolic OH excluding ortho intramolecular Hbond substituents is 3. The van der Waals surface area contributed by atoms with Crippen LogP contribution < -0.4 is 21.2 Å². The van der Waals surface area contributed by atoms with Gasteiger partial charge < -0.3 is 85.5 Å². The van der Waals surface area contributed by atoms with Crippen LogP contribution in [0.1, 0.15) is 37.7 Å². The lowest BCUT2D eigenvalue weighted by Crippen LogP contribution is -2.68. The van der Waals surface area contributed by atoms with Gasteiger partial charge in [-0.05, 0) is 42.2 Å². The number of allylic oxidation sites excluding steroid dienone is 2. The van der Waals surface area contributed by atoms with Crippen LogP contribution in [0.15, 0.2) is 63.0 Å². The van der Waals surface area contributed by atoms with Crippen molar-refractivity contribution in [2.75, 3.05) is 0 Å². The number of carbonyl (C=O) groups is 2. The molecular formula is C37H40N2O18. The molecule has 57 heavy (non-hydrogen) atoms. The van der Waals surface area contributed by atoms with E-state index in [1.54, 1.807) is 12.3 Å². The molecule has 13 N–H and O–H groups in total. The average molecular weight is 801 g/mol. The summed E-state index contributed by atoms with van der Waals surface area (Å²) >= 11 is 0. The van der Waals surface area contributed by atoms with Crippen molar-refractivity contribution in [1.29, 1.82) is 0 Å². The van der Waals surface area contributed by atoms with Crippen molar-refractivity contribution in [3.8, 4) is 34.3 Å². The topological polar surface area (TPSA) is 342 Å². The van der Waals surface area contributed by atoms with Crippen molar-refractivity contribution in [2.24, 2.45) is 5.73 Å². The fraction of sp³-hybridized carbons (Fsp3) is 0.432. The number of carboxylic acids is 1. The Hall–Kier alpha value is -5.29. The van der Waals surface area contributed by atoms with Gasteiger partial charge >= 0.3 is 11.9 Å². The highest BCUT2D eigenvalue weighted by Gasteiger charge is 2.60. The molecule has 2 saturated heterocycles. The normalized spacial score (nSPS) is 33.9. The summed E-state index contributed by atoms with van der Waals surface area (Å²) in [7, 11) is 0. The predicted molar refractivity (Wildman–Crippen MR) is 189 cm³/mol. The Kier molecular flexibility index (Phi) is 10.4. The minimum Gasteiger partial charge on any atom is -0.507 e. The van der Waals surface area contributed by atoms with Crippen LogP contribution in [0, 0.1) is 0 Å². The molecular weight excluding hydrogens is 760 g/mol. The molecule has 12 unspecified atom stereocenters. The maximum absolute atomic E-state index is 13.7. The summed E-state index contributed by atoms with van der Waals surface area (Å²) in [6, 6.07) is 5.92. The van der Waals surface area contributed by atoms with Crippen LogP contribution in [0.5, 0.6) is 23.0 Å². The molecule has 1 spiro atoms. The largest absolute Gasteiger partial charge is 0.507 e. The number of ether oxygens (including phenoxy) is 4. The molecule has 0 radical (unpaired) electrons. The van der Waals surface area contributed by atoms with E-state index in [1.807, 2.05) is 6.92 Å². The predicted octanol–water partition coefficient (Wildman–Crippen LogP) is -1.45. The number of esters is 1. The second-order valence-electron chi connectivity index (χ2n) is 14.2. The molecule has 4 aliphatic rings. The molecule has 1 aromatic heterocycles. The van der Waals surface area contributed by atoms with E-state index >= 15 is 0 Å². The molecule has 4 aliphatic heterocycles. The number of fused-ring (bicyclic) bond motifs is 2. The first kappa shape index (κ1) is 39.9. The lowest BCUT2D eigenvalue weighted by Gasteiger charge is -2.47. The van der Waals surface area contributed by atoms with E-state index in [0.29, 0.717) is 12.0 Å². The van der Waals surface area contributed by atoms with Gasteiger partial charge in [0, 0.05) is 41.8 Å². The first-order valence-corrected chi connectivity index (χ1v) is 17.8. The van der Waals surface area contributed by atoms with Gasteiger partial charge in [-0.25, -0.2) is 9.59 Å². The Balaban J connectivity index is 1.32. The Morgan fingerprint density at radius 3 is 2.35 bits per heavy atom. The number of dihydropyridines is 1. The van der Waals surface area contributed by atoms with Gasteiger partial charge in [0.15, 0.2) is 29.1 Å². The van der Waals surface area contributed by atoms with Crippen molar-refractivity contribution in [2.45, 2.75) is 99.2 Å². The van der Waals surface area contributed by atoms with Gasteiger partial charge in [-0.3, -0.25) is 4.79 Å². The highest BCUT2D eigenvalue weighted by Crippen LogP contribution is 2.52. The number of hydrogen-bond acceptors (Lipinski definition) is 19. The first-order valence-electron chi connectivity index (χ1n) is 17.8. The zero-order valence-corrected chi connectivity index (χ0v) is 29.8. The summed E-state index contributed by atoms with van der Waals surface area (Å²) in [6.45, 7) is 1.87. The van der Waals surface area contributed by atoms with E-state index in [0.717, 1.165) is 23.8 Å². The van der Waals surface area contributed by atoms with E-state index < -0.39 is 108 Å². The average Bonchev–Trinajstić information content (AvgIpc) is 3.34. The van der Waals surface area contributed by atoms with Crippen LogP contribution >= 0.6 is 0 Å². The number of aliphatic hydroxyl groups is 6. The highest BCUT2D eigenvalue weighted by molar-refractivity contribution is 5.89. The van der Waals surface area contributed by atoms with Gasteiger partial charge in [0.05, 0.1) is 6.17 Å². The molecule has 0 saturated carbocycles. The smallest absolute Gasteiger partial charge is 0.340 e. The van der Waals surface area contributed by atoms with Gasteiger partial charge in [0.2, 0.25) is 12.1 Å². The number of nitrogens with one attached hydrogen (secondary N) is 1. The van der Waals surface area contributed by atoms with Gasteiger partial charge in [-0.15, -0.1) is 0 Å². The summed E-state index contributed by atoms with van der Waals surface area (Å²) < 4.78 is 28.4. The fourth-order valence-corrected chi connectivity index (χ4v) is 7.55. The molecule has 5 heterocycles. The van der Waals surface area contributed by atoms with Crippen molar-refractivity contribution in [3.05, 3.63) is 69.5 Å². The SMILES string of the molecule is CCC1=CC(C2CCC3(Oc4cc5oc(-c6ccc(O)c(O)c6)cc(=O)c5c(O)c42)OC(C(=O)OC2OC(C(=O)O)C(O)C(O)C2O)C(O)C(O)C3O)=CNC1N. The maximum Gasteiger partial charge on any atom is 0.340 e. The van der Waals surface area contributed by atoms with E-state index in [2.05, 4.69) is 5.32 Å². The maximum atomic E-state index is 13.7. The number of carboxylic acid groups (broad SMARTS) is 1. The Morgan fingerprint density at radius 2 is 1.67 bits per heavy atom. The summed E-state index contributed by atoms with van der Waals surface area (Å²) in [5.41, 5.74) is 6.69. The van der Waals surface area contributed by atoms with Crippen LogP contribution in [0.25, 0.3) is 22.3 Å². The lowest BCUT2D eigenvalue weighted by molar-refractivity contribution is -0.338. The number of nitrogens with two attached hydrogens (primary N) is 1. The second-order valence-corrected chi connectivity index (χ2v) is 14.2. The van der Waals surface area contributed by atoms with Gasteiger partial charge in [-0.1, -0.05) is 13.0 Å². The van der Waals surface area contributed by atoms with E-state index in [-0.39, 0.29) is 46.4 Å². The number of hydrogen-bond donors (Lipinski definition) is 12. The summed E-state index contributed by atoms with van der Waals surface area (Å²) in [4.78, 5) is 38.9. The Bertz CT molecular complexity index is 2220. The molecule has 12 atom stereocenters. The number of aliphatic hydroxyl groups excluding tert-OH is 6. The standard InChI is InChI=1S/C37H40N2O18/c1-2-12-7-14(11-39-33(12)38)15-5-6-37(32(49)28(47)27(46)31(57-37)35(52)55-36-29(48)25(44)26(45)30(54-36)34(50)51)56-21-10-20-23(24(43)22(15)21)18(42)9-19(53-20)13-3-4-16(40)17(41)8-13/h3-4,7-11,15,25-33,36,39-41,43-49H,2,5-6,38H2,1H3,(H,50,51). The zero-order valence-electron chi connectivity index (χ0n) is 29.8. The third-order valence-electron chi connectivity index (χ3n) is 10.7. The molecule has 0 bridgehead atoms. The molecule has 20 nitrogen and oxygen atoms in total. The molecule has 2 aromatic carbocycles. The molecule has 0 aliphatic carbocycles. The minimum atomic E-state index is -2.45. The molecule has 2 fully saturated rings. The van der Waals surface area contributed by atoms with Crippen molar-refractivity contribution < 1.29 is 84.0 Å². The fourth-order valence-electron chi connectivity index (χ4n) is 7.55. The Labute approximate surface area is 320 Å². The quantitative estimate of drug-likeness (QED) is 0.100. The second kappa shape index (κ2) is 14.9. The van der Waals surface area contributed by atoms with Gasteiger partial charge in [-0.2, -0.15) is 0 Å². The van der Waals surface area contributed by atoms with Crippen LogP contribution in [0.2, 0.25) is 0 Å². The van der Waals surface area contributed by atoms with Crippen LogP contribution in [0.3, 0.4) is 0 Å². The Morgan fingerprint density at radius 1 is 0.947 bits per heavy atom. The number of phenols is 3.